The number of benzene rings is 2. The molecule has 1 heterocycles. The molecule has 23 heavy (non-hydrogen) atoms. The summed E-state index contributed by atoms with van der Waals surface area (Å²) >= 11 is 0. The maximum Gasteiger partial charge on any atom is 0.123 e. The fourth-order valence-corrected chi connectivity index (χ4v) is 9.06. The third-order valence-electron chi connectivity index (χ3n) is 5.63. The smallest absolute Gasteiger partial charge is 0.123 e. The van der Waals surface area contributed by atoms with E-state index in [1.807, 2.05) is 12.1 Å². The molecule has 2 heteroatoms. The van der Waals surface area contributed by atoms with E-state index < -0.39 is 7.14 Å². The van der Waals surface area contributed by atoms with Gasteiger partial charge >= 0.3 is 0 Å². The molecule has 0 amide bonds. The Morgan fingerprint density at radius 3 is 2.30 bits per heavy atom. The third kappa shape index (κ3) is 2.42. The van der Waals surface area contributed by atoms with Gasteiger partial charge in [-0.1, -0.05) is 72.7 Å². The van der Waals surface area contributed by atoms with Crippen molar-refractivity contribution < 1.29 is 4.57 Å². The molecule has 0 bridgehead atoms. The van der Waals surface area contributed by atoms with Gasteiger partial charge in [0.25, 0.3) is 0 Å². The average molecular weight is 322 g/mol. The van der Waals surface area contributed by atoms with Crippen molar-refractivity contribution in [2.45, 2.75) is 38.0 Å². The number of allylic oxidation sites excluding steroid dienone is 1. The van der Waals surface area contributed by atoms with Crippen molar-refractivity contribution in [3.63, 3.8) is 0 Å². The first-order valence-corrected chi connectivity index (χ1v) is 10.6. The third-order valence-corrected chi connectivity index (χ3v) is 9.52. The summed E-state index contributed by atoms with van der Waals surface area (Å²) < 4.78 is 14.3. The minimum Gasteiger partial charge on any atom is -0.318 e. The normalized spacial score (nSPS) is 29.8. The molecule has 0 N–H and O–H groups in total. The van der Waals surface area contributed by atoms with Gasteiger partial charge in [0, 0.05) is 17.1 Å². The van der Waals surface area contributed by atoms with Crippen LogP contribution >= 0.6 is 7.14 Å². The van der Waals surface area contributed by atoms with Crippen LogP contribution in [-0.4, -0.2) is 5.66 Å². The summed E-state index contributed by atoms with van der Waals surface area (Å²) in [5, 5.41) is 1.19. The van der Waals surface area contributed by atoms with Gasteiger partial charge in [0.2, 0.25) is 0 Å². The van der Waals surface area contributed by atoms with Gasteiger partial charge in [-0.25, -0.2) is 0 Å². The summed E-state index contributed by atoms with van der Waals surface area (Å²) in [6, 6.07) is 20.8. The summed E-state index contributed by atoms with van der Waals surface area (Å²) in [6.07, 6.45) is 4.29. The Morgan fingerprint density at radius 1 is 0.957 bits per heavy atom. The fraction of sp³-hybridized carbons (Fsp3) is 0.333. The topological polar surface area (TPSA) is 17.1 Å². The number of hydrogen-bond acceptors (Lipinski definition) is 1. The predicted octanol–water partition coefficient (Wildman–Crippen LogP) is 6.16. The Morgan fingerprint density at radius 2 is 1.61 bits per heavy atom. The van der Waals surface area contributed by atoms with Crippen molar-refractivity contribution in [2.24, 2.45) is 5.92 Å². The first kappa shape index (κ1) is 15.0. The van der Waals surface area contributed by atoms with E-state index in [0.29, 0.717) is 11.6 Å². The first-order chi connectivity index (χ1) is 11.2. The molecule has 1 fully saturated rings. The van der Waals surface area contributed by atoms with Crippen molar-refractivity contribution in [2.75, 3.05) is 0 Å². The number of fused-ring (bicyclic) bond motifs is 1. The molecule has 0 radical (unpaired) electrons. The molecule has 0 aromatic heterocycles. The highest BCUT2D eigenvalue weighted by Crippen LogP contribution is 2.75. The van der Waals surface area contributed by atoms with Crippen molar-refractivity contribution in [3.8, 4) is 0 Å². The largest absolute Gasteiger partial charge is 0.318 e. The van der Waals surface area contributed by atoms with E-state index in [0.717, 1.165) is 12.6 Å². The Hall–Kier alpha value is -1.59. The van der Waals surface area contributed by atoms with Crippen LogP contribution in [0.1, 0.15) is 37.3 Å². The summed E-state index contributed by atoms with van der Waals surface area (Å²) in [7, 11) is -2.40. The molecule has 0 saturated heterocycles. The number of rotatable bonds is 3. The van der Waals surface area contributed by atoms with Crippen molar-refractivity contribution in [1.29, 1.82) is 0 Å². The fourth-order valence-electron chi connectivity index (χ4n) is 4.68. The maximum absolute atomic E-state index is 14.3. The van der Waals surface area contributed by atoms with E-state index in [4.69, 9.17) is 0 Å². The van der Waals surface area contributed by atoms with Gasteiger partial charge in [-0.15, -0.1) is 0 Å². The van der Waals surface area contributed by atoms with Crippen LogP contribution < -0.4 is 0 Å². The lowest BCUT2D eigenvalue weighted by molar-refractivity contribution is 0.561. The Labute approximate surface area is 138 Å². The molecule has 4 rings (SSSR count). The Balaban J connectivity index is 1.83. The summed E-state index contributed by atoms with van der Waals surface area (Å²) in [6.45, 7) is 2.23. The van der Waals surface area contributed by atoms with Gasteiger partial charge in [-0.2, -0.15) is 0 Å². The SMILES string of the molecule is CC1=C(c2ccccc2)P(=O)(Cc2ccccc2)C2CCCC12. The van der Waals surface area contributed by atoms with Crippen LogP contribution in [0.2, 0.25) is 0 Å². The van der Waals surface area contributed by atoms with Crippen LogP contribution in [0.25, 0.3) is 5.31 Å². The summed E-state index contributed by atoms with van der Waals surface area (Å²) in [4.78, 5) is 0. The zero-order valence-corrected chi connectivity index (χ0v) is 14.5. The first-order valence-electron chi connectivity index (χ1n) is 8.59. The lowest BCUT2D eigenvalue weighted by atomic mass is 9.97. The zero-order chi connectivity index (χ0) is 15.9. The molecule has 1 nitrogen and oxygen atoms in total. The molecule has 0 spiro atoms. The van der Waals surface area contributed by atoms with Crippen molar-refractivity contribution in [3.05, 3.63) is 77.4 Å². The molecule has 3 unspecified atom stereocenters. The van der Waals surface area contributed by atoms with Crippen LogP contribution in [0.4, 0.5) is 0 Å². The molecule has 2 aliphatic rings. The quantitative estimate of drug-likeness (QED) is 0.618. The molecule has 1 saturated carbocycles. The second-order valence-electron chi connectivity index (χ2n) is 6.94. The van der Waals surface area contributed by atoms with Crippen molar-refractivity contribution in [1.82, 2.24) is 0 Å². The van der Waals surface area contributed by atoms with Crippen LogP contribution in [0.15, 0.2) is 66.2 Å². The zero-order valence-electron chi connectivity index (χ0n) is 13.6. The molecule has 118 valence electrons. The van der Waals surface area contributed by atoms with Gasteiger partial charge in [-0.3, -0.25) is 0 Å². The van der Waals surface area contributed by atoms with E-state index in [9.17, 15) is 4.57 Å². The molecular formula is C21H23OP. The monoisotopic (exact) mass is 322 g/mol. The van der Waals surface area contributed by atoms with Gasteiger partial charge < -0.3 is 4.57 Å². The molecule has 1 aliphatic heterocycles. The van der Waals surface area contributed by atoms with Gasteiger partial charge in [0.05, 0.1) is 0 Å². The van der Waals surface area contributed by atoms with E-state index in [-0.39, 0.29) is 0 Å². The van der Waals surface area contributed by atoms with Gasteiger partial charge in [-0.05, 0) is 36.8 Å². The number of hydrogen-bond donors (Lipinski definition) is 0. The van der Waals surface area contributed by atoms with E-state index in [2.05, 4.69) is 55.5 Å². The highest BCUT2D eigenvalue weighted by molar-refractivity contribution is 7.74. The molecule has 1 aliphatic carbocycles. The van der Waals surface area contributed by atoms with Crippen LogP contribution in [-0.2, 0) is 10.7 Å². The second kappa shape index (κ2) is 5.80. The summed E-state index contributed by atoms with van der Waals surface area (Å²) in [5.41, 5.74) is 4.17. The summed E-state index contributed by atoms with van der Waals surface area (Å²) in [5.74, 6) is 0.541. The molecule has 3 atom stereocenters. The van der Waals surface area contributed by atoms with E-state index >= 15 is 0 Å². The Kier molecular flexibility index (Phi) is 3.77. The molecule has 2 aromatic carbocycles. The predicted molar refractivity (Wildman–Crippen MR) is 97.9 cm³/mol. The van der Waals surface area contributed by atoms with Crippen LogP contribution in [0.5, 0.6) is 0 Å². The average Bonchev–Trinajstić information content (AvgIpc) is 3.13. The second-order valence-corrected chi connectivity index (χ2v) is 9.96. The van der Waals surface area contributed by atoms with E-state index in [1.54, 1.807) is 0 Å². The van der Waals surface area contributed by atoms with E-state index in [1.165, 1.54) is 34.9 Å². The van der Waals surface area contributed by atoms with Crippen LogP contribution in [0, 0.1) is 5.92 Å². The molecule has 2 aromatic rings. The van der Waals surface area contributed by atoms with Crippen molar-refractivity contribution >= 4 is 12.5 Å². The van der Waals surface area contributed by atoms with Gasteiger partial charge in [0.1, 0.15) is 7.14 Å². The minimum atomic E-state index is -2.40. The lowest BCUT2D eigenvalue weighted by Crippen LogP contribution is -2.10. The highest BCUT2D eigenvalue weighted by Gasteiger charge is 2.51. The molecular weight excluding hydrogens is 299 g/mol. The highest BCUT2D eigenvalue weighted by atomic mass is 31.2. The minimum absolute atomic E-state index is 0.373. The lowest BCUT2D eigenvalue weighted by Gasteiger charge is -2.24. The maximum atomic E-state index is 14.3. The van der Waals surface area contributed by atoms with Crippen LogP contribution in [0.3, 0.4) is 0 Å². The standard InChI is InChI=1S/C21H23OP/c1-16-19-13-8-14-20(19)23(22,15-17-9-4-2-5-10-17)21(16)18-11-6-3-7-12-18/h2-7,9-12,19-20H,8,13-15H2,1H3. The van der Waals surface area contributed by atoms with Gasteiger partial charge in [0.15, 0.2) is 0 Å². The Bertz CT molecular complexity index is 776.